The van der Waals surface area contributed by atoms with Gasteiger partial charge in [-0.15, -0.1) is 0 Å². The van der Waals surface area contributed by atoms with Gasteiger partial charge in [-0.05, 0) is 13.8 Å². The second-order valence-corrected chi connectivity index (χ2v) is 4.46. The molecule has 0 radical (unpaired) electrons. The average Bonchev–Trinajstić information content (AvgIpc) is 2.13. The summed E-state index contributed by atoms with van der Waals surface area (Å²) in [4.78, 5) is 11.3. The van der Waals surface area contributed by atoms with Crippen LogP contribution in [0.5, 0.6) is 0 Å². The van der Waals surface area contributed by atoms with Gasteiger partial charge >= 0.3 is 5.97 Å². The van der Waals surface area contributed by atoms with Gasteiger partial charge in [0.1, 0.15) is 0 Å². The van der Waals surface area contributed by atoms with Crippen LogP contribution in [0.4, 0.5) is 0 Å². The van der Waals surface area contributed by atoms with Gasteiger partial charge in [-0.2, -0.15) is 0 Å². The molecule has 0 fully saturated rings. The molecule has 0 amide bonds. The van der Waals surface area contributed by atoms with Gasteiger partial charge < -0.3 is 14.9 Å². The molecule has 0 bridgehead atoms. The first-order valence-corrected chi connectivity index (χ1v) is 4.76. The minimum absolute atomic E-state index is 0.0384. The Balaban J connectivity index is 3.97. The fourth-order valence-corrected chi connectivity index (χ4v) is 0.641. The fraction of sp³-hybridized carbons (Fsp3) is 0.900. The number of ether oxygens (including phenoxy) is 1. The third-order valence-electron chi connectivity index (χ3n) is 2.13. The Kier molecular flexibility index (Phi) is 5.08. The largest absolute Gasteiger partial charge is 0.465 e. The molecule has 0 aliphatic carbocycles. The maximum atomic E-state index is 11.3. The standard InChI is InChI=1S/C10H20O4/c1-7(8(2)12)9(13)14-6-10(3,4)5-11/h7-8,11-12H,5-6H2,1-4H3. The molecule has 0 aromatic heterocycles. The molecule has 2 unspecified atom stereocenters. The van der Waals surface area contributed by atoms with Crippen molar-refractivity contribution >= 4 is 5.97 Å². The predicted octanol–water partition coefficient (Wildman–Crippen LogP) is 0.565. The first-order valence-electron chi connectivity index (χ1n) is 4.76. The highest BCUT2D eigenvalue weighted by Gasteiger charge is 2.23. The topological polar surface area (TPSA) is 66.8 Å². The smallest absolute Gasteiger partial charge is 0.311 e. The van der Waals surface area contributed by atoms with Gasteiger partial charge in [0.05, 0.1) is 25.2 Å². The number of aliphatic hydroxyl groups excluding tert-OH is 2. The number of carbonyl (C=O) groups excluding carboxylic acids is 1. The molecular weight excluding hydrogens is 184 g/mol. The van der Waals surface area contributed by atoms with Crippen LogP contribution >= 0.6 is 0 Å². The second kappa shape index (κ2) is 5.32. The Morgan fingerprint density at radius 3 is 2.29 bits per heavy atom. The maximum Gasteiger partial charge on any atom is 0.311 e. The first-order chi connectivity index (χ1) is 6.30. The molecule has 0 aromatic carbocycles. The van der Waals surface area contributed by atoms with Gasteiger partial charge in [-0.3, -0.25) is 4.79 Å². The lowest BCUT2D eigenvalue weighted by Crippen LogP contribution is -2.30. The highest BCUT2D eigenvalue weighted by Crippen LogP contribution is 2.15. The number of rotatable bonds is 5. The van der Waals surface area contributed by atoms with E-state index in [1.165, 1.54) is 0 Å². The Hall–Kier alpha value is -0.610. The number of aliphatic hydroxyl groups is 2. The molecule has 2 N–H and O–H groups in total. The van der Waals surface area contributed by atoms with Crippen molar-refractivity contribution < 1.29 is 19.7 Å². The number of esters is 1. The van der Waals surface area contributed by atoms with Crippen LogP contribution in [0.1, 0.15) is 27.7 Å². The van der Waals surface area contributed by atoms with E-state index in [4.69, 9.17) is 14.9 Å². The number of hydrogen-bond donors (Lipinski definition) is 2. The van der Waals surface area contributed by atoms with Gasteiger partial charge in [0.15, 0.2) is 0 Å². The molecule has 4 nitrogen and oxygen atoms in total. The Labute approximate surface area is 84.9 Å². The zero-order valence-electron chi connectivity index (χ0n) is 9.28. The molecule has 0 aromatic rings. The van der Waals surface area contributed by atoms with Crippen LogP contribution in [0.15, 0.2) is 0 Å². The highest BCUT2D eigenvalue weighted by atomic mass is 16.5. The first kappa shape index (κ1) is 13.4. The molecule has 0 aliphatic rings. The van der Waals surface area contributed by atoms with Gasteiger partial charge in [0, 0.05) is 5.41 Å². The van der Waals surface area contributed by atoms with Gasteiger partial charge in [-0.1, -0.05) is 13.8 Å². The van der Waals surface area contributed by atoms with Crippen LogP contribution in [0.3, 0.4) is 0 Å². The van der Waals surface area contributed by atoms with Crippen molar-refractivity contribution in [1.82, 2.24) is 0 Å². The van der Waals surface area contributed by atoms with Crippen molar-refractivity contribution in [1.29, 1.82) is 0 Å². The molecule has 0 spiro atoms. The summed E-state index contributed by atoms with van der Waals surface area (Å²) in [6, 6.07) is 0. The van der Waals surface area contributed by atoms with Crippen LogP contribution in [-0.2, 0) is 9.53 Å². The summed E-state index contributed by atoms with van der Waals surface area (Å²) < 4.78 is 4.96. The summed E-state index contributed by atoms with van der Waals surface area (Å²) in [7, 11) is 0. The summed E-state index contributed by atoms with van der Waals surface area (Å²) in [6.07, 6.45) is -0.709. The van der Waals surface area contributed by atoms with E-state index in [1.54, 1.807) is 27.7 Å². The average molecular weight is 204 g/mol. The van der Waals surface area contributed by atoms with Gasteiger partial charge in [0.2, 0.25) is 0 Å². The Morgan fingerprint density at radius 2 is 1.93 bits per heavy atom. The zero-order valence-corrected chi connectivity index (χ0v) is 9.28. The SMILES string of the molecule is CC(O)C(C)C(=O)OCC(C)(C)CO. The molecule has 0 rings (SSSR count). The normalized spacial score (nSPS) is 16.1. The van der Waals surface area contributed by atoms with Gasteiger partial charge in [0.25, 0.3) is 0 Å². The molecule has 0 heterocycles. The Morgan fingerprint density at radius 1 is 1.43 bits per heavy atom. The molecule has 2 atom stereocenters. The van der Waals surface area contributed by atoms with E-state index in [2.05, 4.69) is 0 Å². The van der Waals surface area contributed by atoms with E-state index >= 15 is 0 Å². The van der Waals surface area contributed by atoms with Crippen LogP contribution in [-0.4, -0.2) is 35.5 Å². The quantitative estimate of drug-likeness (QED) is 0.642. The van der Waals surface area contributed by atoms with E-state index in [1.807, 2.05) is 0 Å². The van der Waals surface area contributed by atoms with Crippen molar-refractivity contribution in [3.8, 4) is 0 Å². The Bertz CT molecular complexity index is 187. The number of carbonyl (C=O) groups is 1. The molecule has 0 aliphatic heterocycles. The van der Waals surface area contributed by atoms with Crippen LogP contribution in [0, 0.1) is 11.3 Å². The van der Waals surface area contributed by atoms with Crippen LogP contribution < -0.4 is 0 Å². The summed E-state index contributed by atoms with van der Waals surface area (Å²) in [5.74, 6) is -0.953. The van der Waals surface area contributed by atoms with Crippen molar-refractivity contribution in [2.24, 2.45) is 11.3 Å². The van der Waals surface area contributed by atoms with Crippen LogP contribution in [0.25, 0.3) is 0 Å². The highest BCUT2D eigenvalue weighted by molar-refractivity contribution is 5.72. The molecule has 0 saturated heterocycles. The molecule has 4 heteroatoms. The van der Waals surface area contributed by atoms with E-state index in [-0.39, 0.29) is 13.2 Å². The minimum Gasteiger partial charge on any atom is -0.465 e. The van der Waals surface area contributed by atoms with E-state index in [9.17, 15) is 4.79 Å². The summed E-state index contributed by atoms with van der Waals surface area (Å²) in [6.45, 7) is 6.88. The second-order valence-electron chi connectivity index (χ2n) is 4.46. The summed E-state index contributed by atoms with van der Waals surface area (Å²) in [5.41, 5.74) is -0.423. The fourth-order valence-electron chi connectivity index (χ4n) is 0.641. The van der Waals surface area contributed by atoms with Crippen molar-refractivity contribution in [3.63, 3.8) is 0 Å². The lowest BCUT2D eigenvalue weighted by Gasteiger charge is -2.22. The lowest BCUT2D eigenvalue weighted by atomic mass is 9.96. The predicted molar refractivity (Wildman–Crippen MR) is 52.7 cm³/mol. The monoisotopic (exact) mass is 204 g/mol. The van der Waals surface area contributed by atoms with Crippen molar-refractivity contribution in [3.05, 3.63) is 0 Å². The minimum atomic E-state index is -0.709. The molecule has 14 heavy (non-hydrogen) atoms. The zero-order chi connectivity index (χ0) is 11.4. The summed E-state index contributed by atoms with van der Waals surface area (Å²) >= 11 is 0. The third kappa shape index (κ3) is 4.58. The number of hydrogen-bond acceptors (Lipinski definition) is 4. The van der Waals surface area contributed by atoms with E-state index < -0.39 is 23.4 Å². The van der Waals surface area contributed by atoms with Crippen LogP contribution in [0.2, 0.25) is 0 Å². The molecule has 0 saturated carbocycles. The van der Waals surface area contributed by atoms with Gasteiger partial charge in [-0.25, -0.2) is 0 Å². The van der Waals surface area contributed by atoms with Crippen molar-refractivity contribution in [2.75, 3.05) is 13.2 Å². The third-order valence-corrected chi connectivity index (χ3v) is 2.13. The molecular formula is C10H20O4. The van der Waals surface area contributed by atoms with Crippen molar-refractivity contribution in [2.45, 2.75) is 33.8 Å². The van der Waals surface area contributed by atoms with E-state index in [0.29, 0.717) is 0 Å². The summed E-state index contributed by atoms with van der Waals surface area (Å²) in [5, 5.41) is 18.0. The molecule has 84 valence electrons. The van der Waals surface area contributed by atoms with E-state index in [0.717, 1.165) is 0 Å². The maximum absolute atomic E-state index is 11.3. The lowest BCUT2D eigenvalue weighted by molar-refractivity contribution is -0.155.